The third-order valence-electron chi connectivity index (χ3n) is 5.03. The highest BCUT2D eigenvalue weighted by Gasteiger charge is 2.40. The fourth-order valence-electron chi connectivity index (χ4n) is 2.23. The first-order chi connectivity index (χ1) is 12.5. The Morgan fingerprint density at radius 3 is 2.22 bits per heavy atom. The van der Waals surface area contributed by atoms with Gasteiger partial charge in [-0.05, 0) is 68.2 Å². The summed E-state index contributed by atoms with van der Waals surface area (Å²) in [5, 5.41) is 0.136. The number of benzene rings is 1. The molecule has 0 unspecified atom stereocenters. The molecule has 0 aliphatic carbocycles. The molecule has 1 rings (SSSR count). The zero-order chi connectivity index (χ0) is 20.7. The van der Waals surface area contributed by atoms with E-state index in [0.717, 1.165) is 18.1 Å². The van der Waals surface area contributed by atoms with Crippen LogP contribution in [0.4, 0.5) is 0 Å². The van der Waals surface area contributed by atoms with Gasteiger partial charge in [0.2, 0.25) is 0 Å². The van der Waals surface area contributed by atoms with E-state index >= 15 is 0 Å². The highest BCUT2D eigenvalue weighted by molar-refractivity contribution is 6.74. The minimum Gasteiger partial charge on any atom is -0.532 e. The molecule has 1 aromatic rings. The molecule has 1 aromatic carbocycles. The van der Waals surface area contributed by atoms with Crippen molar-refractivity contribution in [2.75, 3.05) is 7.11 Å². The van der Waals surface area contributed by atoms with E-state index in [9.17, 15) is 0 Å². The predicted octanol–water partition coefficient (Wildman–Crippen LogP) is 6.51. The average Bonchev–Trinajstić information content (AvgIpc) is 2.58. The Morgan fingerprint density at radius 1 is 1.19 bits per heavy atom. The standard InChI is InChI=1S/C23H37NO2Si/c1-10-11-18-24(19(2)3)22(26-27(8,9)23(4,5)6)17-14-20-12-15-21(25-7)16-13-20/h10-13,15-19H,1,14H2,2-9H3/b18-11+,22-17-. The van der Waals surface area contributed by atoms with Gasteiger partial charge < -0.3 is 14.1 Å². The highest BCUT2D eigenvalue weighted by Crippen LogP contribution is 2.38. The Labute approximate surface area is 167 Å². The maximum Gasteiger partial charge on any atom is 0.252 e. The molecule has 3 nitrogen and oxygen atoms in total. The lowest BCUT2D eigenvalue weighted by Gasteiger charge is -2.40. The van der Waals surface area contributed by atoms with Crippen molar-refractivity contribution in [3.8, 4) is 5.75 Å². The first-order valence-corrected chi connectivity index (χ1v) is 12.5. The van der Waals surface area contributed by atoms with E-state index in [2.05, 4.69) is 77.4 Å². The Balaban J connectivity index is 3.21. The van der Waals surface area contributed by atoms with Crippen LogP contribution in [0.3, 0.4) is 0 Å². The summed E-state index contributed by atoms with van der Waals surface area (Å²) in [5.41, 5.74) is 1.23. The van der Waals surface area contributed by atoms with Crippen LogP contribution in [0.2, 0.25) is 18.1 Å². The van der Waals surface area contributed by atoms with Crippen molar-refractivity contribution in [1.82, 2.24) is 4.90 Å². The Kier molecular flexibility index (Phi) is 8.41. The van der Waals surface area contributed by atoms with Gasteiger partial charge in [-0.2, -0.15) is 0 Å². The summed E-state index contributed by atoms with van der Waals surface area (Å²) in [6.07, 6.45) is 8.79. The van der Waals surface area contributed by atoms with Crippen LogP contribution in [0.25, 0.3) is 0 Å². The summed E-state index contributed by atoms with van der Waals surface area (Å²) in [7, 11) is -0.271. The topological polar surface area (TPSA) is 21.7 Å². The third-order valence-corrected chi connectivity index (χ3v) is 9.36. The lowest BCUT2D eigenvalue weighted by Crippen LogP contribution is -2.43. The summed E-state index contributed by atoms with van der Waals surface area (Å²) in [6.45, 7) is 19.5. The smallest absolute Gasteiger partial charge is 0.252 e. The van der Waals surface area contributed by atoms with E-state index in [1.54, 1.807) is 13.2 Å². The molecule has 4 heteroatoms. The number of nitrogens with zero attached hydrogens (tertiary/aromatic N) is 1. The van der Waals surface area contributed by atoms with E-state index < -0.39 is 8.32 Å². The van der Waals surface area contributed by atoms with E-state index in [-0.39, 0.29) is 11.1 Å². The number of methoxy groups -OCH3 is 1. The maximum atomic E-state index is 6.71. The van der Waals surface area contributed by atoms with Gasteiger partial charge >= 0.3 is 0 Å². The Morgan fingerprint density at radius 2 is 1.78 bits per heavy atom. The molecule has 0 amide bonds. The highest BCUT2D eigenvalue weighted by atomic mass is 28.4. The summed E-state index contributed by atoms with van der Waals surface area (Å²) in [4.78, 5) is 2.19. The fourth-order valence-corrected chi connectivity index (χ4v) is 3.25. The van der Waals surface area contributed by atoms with E-state index in [1.165, 1.54) is 5.56 Å². The number of ether oxygens (including phenoxy) is 1. The second-order valence-electron chi connectivity index (χ2n) is 8.54. The van der Waals surface area contributed by atoms with Crippen LogP contribution in [0.15, 0.2) is 61.2 Å². The molecule has 0 aliphatic rings. The molecule has 0 bridgehead atoms. The molecular formula is C23H37NO2Si. The Bertz CT molecular complexity index is 652. The molecule has 0 atom stereocenters. The zero-order valence-corrected chi connectivity index (χ0v) is 19.4. The van der Waals surface area contributed by atoms with Crippen molar-refractivity contribution < 1.29 is 9.16 Å². The molecule has 0 N–H and O–H groups in total. The first-order valence-electron chi connectivity index (χ1n) is 9.61. The second kappa shape index (κ2) is 9.84. The fraction of sp³-hybridized carbons (Fsp3) is 0.478. The van der Waals surface area contributed by atoms with Crippen molar-refractivity contribution in [2.45, 2.75) is 65.2 Å². The molecule has 0 heterocycles. The van der Waals surface area contributed by atoms with Crippen LogP contribution in [-0.2, 0) is 10.8 Å². The van der Waals surface area contributed by atoms with Crippen LogP contribution in [0.5, 0.6) is 5.75 Å². The van der Waals surface area contributed by atoms with Crippen molar-refractivity contribution in [2.24, 2.45) is 0 Å². The van der Waals surface area contributed by atoms with E-state index in [0.29, 0.717) is 0 Å². The SMILES string of the molecule is C=C/C=C/N(/C(=C/Cc1ccc(OC)cc1)O[Si](C)(C)C(C)(C)C)C(C)C. The van der Waals surface area contributed by atoms with Crippen LogP contribution in [0.1, 0.15) is 40.2 Å². The largest absolute Gasteiger partial charge is 0.532 e. The van der Waals surface area contributed by atoms with Gasteiger partial charge in [0.25, 0.3) is 8.32 Å². The molecule has 0 saturated carbocycles. The zero-order valence-electron chi connectivity index (χ0n) is 18.4. The summed E-state index contributed by atoms with van der Waals surface area (Å²) < 4.78 is 12.0. The normalized spacial score (nSPS) is 13.1. The van der Waals surface area contributed by atoms with Gasteiger partial charge in [-0.15, -0.1) is 0 Å². The molecule has 0 spiro atoms. The van der Waals surface area contributed by atoms with E-state index in [1.807, 2.05) is 24.4 Å². The summed E-state index contributed by atoms with van der Waals surface area (Å²) in [6, 6.07) is 8.47. The quantitative estimate of drug-likeness (QED) is 0.274. The molecule has 0 aliphatic heterocycles. The van der Waals surface area contributed by atoms with Gasteiger partial charge in [-0.1, -0.05) is 45.6 Å². The van der Waals surface area contributed by atoms with Gasteiger partial charge in [-0.25, -0.2) is 0 Å². The van der Waals surface area contributed by atoms with Gasteiger partial charge in [-0.3, -0.25) is 0 Å². The predicted molar refractivity (Wildman–Crippen MR) is 119 cm³/mol. The first kappa shape index (κ1) is 23.1. The van der Waals surface area contributed by atoms with E-state index in [4.69, 9.17) is 9.16 Å². The third kappa shape index (κ3) is 6.94. The average molecular weight is 388 g/mol. The van der Waals surface area contributed by atoms with Gasteiger partial charge in [0.05, 0.1) is 7.11 Å². The van der Waals surface area contributed by atoms with Gasteiger partial charge in [0.15, 0.2) is 5.88 Å². The molecule has 0 aromatic heterocycles. The monoisotopic (exact) mass is 387 g/mol. The van der Waals surface area contributed by atoms with Crippen LogP contribution >= 0.6 is 0 Å². The van der Waals surface area contributed by atoms with Crippen molar-refractivity contribution in [3.05, 3.63) is 66.7 Å². The molecule has 0 fully saturated rings. The van der Waals surface area contributed by atoms with Crippen molar-refractivity contribution in [3.63, 3.8) is 0 Å². The van der Waals surface area contributed by atoms with Crippen LogP contribution in [-0.4, -0.2) is 26.4 Å². The number of rotatable bonds is 9. The van der Waals surface area contributed by atoms with Gasteiger partial charge in [0.1, 0.15) is 5.75 Å². The molecule has 150 valence electrons. The van der Waals surface area contributed by atoms with Crippen LogP contribution in [0, 0.1) is 0 Å². The maximum absolute atomic E-state index is 6.71. The minimum absolute atomic E-state index is 0.136. The molecule has 27 heavy (non-hydrogen) atoms. The van der Waals surface area contributed by atoms with Crippen molar-refractivity contribution >= 4 is 8.32 Å². The van der Waals surface area contributed by atoms with Crippen LogP contribution < -0.4 is 4.74 Å². The van der Waals surface area contributed by atoms with Crippen molar-refractivity contribution in [1.29, 1.82) is 0 Å². The second-order valence-corrected chi connectivity index (χ2v) is 13.3. The number of hydrogen-bond donors (Lipinski definition) is 0. The Hall–Kier alpha value is -1.94. The lowest BCUT2D eigenvalue weighted by molar-refractivity contribution is 0.222. The minimum atomic E-state index is -1.96. The summed E-state index contributed by atoms with van der Waals surface area (Å²) >= 11 is 0. The lowest BCUT2D eigenvalue weighted by atomic mass is 10.1. The number of allylic oxidation sites excluding steroid dienone is 3. The number of hydrogen-bond acceptors (Lipinski definition) is 3. The summed E-state index contributed by atoms with van der Waals surface area (Å²) in [5.74, 6) is 1.80. The molecule has 0 radical (unpaired) electrons. The molecule has 0 saturated heterocycles. The van der Waals surface area contributed by atoms with Gasteiger partial charge in [0, 0.05) is 12.2 Å². The molecular weight excluding hydrogens is 350 g/mol.